The Hall–Kier alpha value is -2.17. The Morgan fingerprint density at radius 3 is 2.83 bits per heavy atom. The lowest BCUT2D eigenvalue weighted by Crippen LogP contribution is -2.33. The van der Waals surface area contributed by atoms with E-state index in [1.807, 2.05) is 6.92 Å². The molecule has 18 heavy (non-hydrogen) atoms. The topological polar surface area (TPSA) is 79.3 Å². The Kier molecular flexibility index (Phi) is 3.41. The van der Waals surface area contributed by atoms with Crippen LogP contribution in [0.25, 0.3) is 0 Å². The summed E-state index contributed by atoms with van der Waals surface area (Å²) >= 11 is 0. The minimum Gasteiger partial charge on any atom is -0.481 e. The van der Waals surface area contributed by atoms with Gasteiger partial charge in [0.25, 0.3) is 5.91 Å². The average molecular weight is 246 g/mol. The van der Waals surface area contributed by atoms with Gasteiger partial charge in [-0.2, -0.15) is 0 Å². The summed E-state index contributed by atoms with van der Waals surface area (Å²) in [4.78, 5) is 26.7. The number of carboxylic acids is 1. The zero-order valence-corrected chi connectivity index (χ0v) is 9.96. The van der Waals surface area contributed by atoms with E-state index in [2.05, 4.69) is 10.3 Å². The van der Waals surface area contributed by atoms with Crippen LogP contribution in [-0.2, 0) is 4.79 Å². The highest BCUT2D eigenvalue weighted by atomic mass is 16.4. The summed E-state index contributed by atoms with van der Waals surface area (Å²) in [6.07, 6.45) is 5.33. The van der Waals surface area contributed by atoms with Crippen LogP contribution in [-0.4, -0.2) is 28.0 Å². The van der Waals surface area contributed by atoms with Gasteiger partial charge in [0.2, 0.25) is 0 Å². The third-order valence-electron chi connectivity index (χ3n) is 2.88. The molecule has 0 bridgehead atoms. The number of hydrogen-bond acceptors (Lipinski definition) is 3. The van der Waals surface area contributed by atoms with Crippen molar-refractivity contribution in [3.8, 4) is 0 Å². The molecule has 0 aliphatic heterocycles. The Bertz CT molecular complexity index is 511. The molecule has 0 saturated carbocycles. The van der Waals surface area contributed by atoms with E-state index in [9.17, 15) is 9.59 Å². The normalized spacial score (nSPS) is 21.8. The molecule has 0 spiro atoms. The lowest BCUT2D eigenvalue weighted by atomic mass is 10.1. The van der Waals surface area contributed by atoms with E-state index in [1.54, 1.807) is 30.5 Å². The molecule has 1 aromatic rings. The minimum absolute atomic E-state index is 0.207. The van der Waals surface area contributed by atoms with E-state index in [4.69, 9.17) is 5.11 Å². The number of pyridine rings is 1. The summed E-state index contributed by atoms with van der Waals surface area (Å²) in [5, 5.41) is 11.6. The monoisotopic (exact) mass is 246 g/mol. The summed E-state index contributed by atoms with van der Waals surface area (Å²) in [5.74, 6) is -1.57. The molecule has 1 aromatic heterocycles. The second kappa shape index (κ2) is 5.00. The number of carbonyl (C=O) groups excluding carboxylic acids is 1. The third kappa shape index (κ3) is 2.74. The molecule has 0 aromatic carbocycles. The summed E-state index contributed by atoms with van der Waals surface area (Å²) < 4.78 is 0. The SMILES string of the molecule is Cc1cc(C(=O)NC2C=CC(C(=O)O)C2)ccn1. The number of amides is 1. The molecule has 1 amide bonds. The quantitative estimate of drug-likeness (QED) is 0.784. The Balaban J connectivity index is 1.97. The third-order valence-corrected chi connectivity index (χ3v) is 2.88. The molecule has 2 N–H and O–H groups in total. The molecule has 2 atom stereocenters. The fourth-order valence-electron chi connectivity index (χ4n) is 1.93. The zero-order chi connectivity index (χ0) is 13.1. The first-order valence-corrected chi connectivity index (χ1v) is 5.71. The molecular formula is C13H14N2O3. The Labute approximate surface area is 105 Å². The molecule has 5 heteroatoms. The number of carbonyl (C=O) groups is 2. The number of aryl methyl sites for hydroxylation is 1. The van der Waals surface area contributed by atoms with Crippen LogP contribution < -0.4 is 5.32 Å². The molecule has 1 aliphatic carbocycles. The Morgan fingerprint density at radius 1 is 1.44 bits per heavy atom. The van der Waals surface area contributed by atoms with Crippen molar-refractivity contribution in [2.45, 2.75) is 19.4 Å². The molecule has 2 unspecified atom stereocenters. The van der Waals surface area contributed by atoms with E-state index in [1.165, 1.54) is 0 Å². The van der Waals surface area contributed by atoms with E-state index in [-0.39, 0.29) is 11.9 Å². The molecule has 0 radical (unpaired) electrons. The highest BCUT2D eigenvalue weighted by Gasteiger charge is 2.25. The van der Waals surface area contributed by atoms with Crippen LogP contribution in [0.4, 0.5) is 0 Å². The Morgan fingerprint density at radius 2 is 2.22 bits per heavy atom. The molecule has 94 valence electrons. The average Bonchev–Trinajstić information content (AvgIpc) is 2.77. The number of carboxylic acid groups (broad SMARTS) is 1. The smallest absolute Gasteiger partial charge is 0.310 e. The maximum Gasteiger partial charge on any atom is 0.310 e. The van der Waals surface area contributed by atoms with Crippen LogP contribution in [0.5, 0.6) is 0 Å². The van der Waals surface area contributed by atoms with Crippen LogP contribution in [0.15, 0.2) is 30.5 Å². The summed E-state index contributed by atoms with van der Waals surface area (Å²) in [6.45, 7) is 1.81. The number of nitrogens with zero attached hydrogens (tertiary/aromatic N) is 1. The van der Waals surface area contributed by atoms with Crippen molar-refractivity contribution in [1.82, 2.24) is 10.3 Å². The first kappa shape index (κ1) is 12.3. The molecule has 1 aliphatic rings. The first-order valence-electron chi connectivity index (χ1n) is 5.71. The number of aliphatic carboxylic acids is 1. The van der Waals surface area contributed by atoms with Gasteiger partial charge < -0.3 is 10.4 Å². The molecule has 5 nitrogen and oxygen atoms in total. The fraction of sp³-hybridized carbons (Fsp3) is 0.308. The van der Waals surface area contributed by atoms with Crippen molar-refractivity contribution in [3.05, 3.63) is 41.7 Å². The zero-order valence-electron chi connectivity index (χ0n) is 9.96. The predicted octanol–water partition coefficient (Wildman–Crippen LogP) is 1.15. The van der Waals surface area contributed by atoms with E-state index < -0.39 is 11.9 Å². The van der Waals surface area contributed by atoms with Gasteiger partial charge in [0.15, 0.2) is 0 Å². The van der Waals surface area contributed by atoms with Crippen LogP contribution in [0.3, 0.4) is 0 Å². The lowest BCUT2D eigenvalue weighted by molar-refractivity contribution is -0.140. The maximum atomic E-state index is 11.9. The maximum absolute atomic E-state index is 11.9. The number of rotatable bonds is 3. The van der Waals surface area contributed by atoms with Crippen LogP contribution in [0.1, 0.15) is 22.5 Å². The number of aromatic nitrogens is 1. The van der Waals surface area contributed by atoms with Gasteiger partial charge in [0.1, 0.15) is 0 Å². The second-order valence-electron chi connectivity index (χ2n) is 4.33. The molecule has 2 rings (SSSR count). The van der Waals surface area contributed by atoms with Gasteiger partial charge in [-0.05, 0) is 25.5 Å². The van der Waals surface area contributed by atoms with E-state index >= 15 is 0 Å². The van der Waals surface area contributed by atoms with Gasteiger partial charge in [-0.3, -0.25) is 14.6 Å². The van der Waals surface area contributed by atoms with Crippen molar-refractivity contribution in [3.63, 3.8) is 0 Å². The van der Waals surface area contributed by atoms with Crippen molar-refractivity contribution in [1.29, 1.82) is 0 Å². The van der Waals surface area contributed by atoms with Gasteiger partial charge in [0, 0.05) is 23.5 Å². The van der Waals surface area contributed by atoms with Crippen molar-refractivity contribution in [2.24, 2.45) is 5.92 Å². The highest BCUT2D eigenvalue weighted by Crippen LogP contribution is 2.18. The summed E-state index contributed by atoms with van der Waals surface area (Å²) in [7, 11) is 0. The number of nitrogens with one attached hydrogen (secondary N) is 1. The second-order valence-corrected chi connectivity index (χ2v) is 4.33. The van der Waals surface area contributed by atoms with Crippen molar-refractivity contribution < 1.29 is 14.7 Å². The van der Waals surface area contributed by atoms with Crippen LogP contribution in [0, 0.1) is 12.8 Å². The van der Waals surface area contributed by atoms with E-state index in [0.717, 1.165) is 5.69 Å². The minimum atomic E-state index is -0.859. The molecule has 0 fully saturated rings. The summed E-state index contributed by atoms with van der Waals surface area (Å²) in [5.41, 5.74) is 1.31. The molecular weight excluding hydrogens is 232 g/mol. The lowest BCUT2D eigenvalue weighted by Gasteiger charge is -2.12. The van der Waals surface area contributed by atoms with Gasteiger partial charge in [-0.15, -0.1) is 0 Å². The predicted molar refractivity (Wildman–Crippen MR) is 65.1 cm³/mol. The van der Waals surface area contributed by atoms with Gasteiger partial charge in [0.05, 0.1) is 5.92 Å². The standard InChI is InChI=1S/C13H14N2O3/c1-8-6-9(4-5-14-8)12(16)15-11-3-2-10(7-11)13(17)18/h2-6,10-11H,7H2,1H3,(H,15,16)(H,17,18). The fourth-order valence-corrected chi connectivity index (χ4v) is 1.93. The summed E-state index contributed by atoms with van der Waals surface area (Å²) in [6, 6.07) is 3.12. The highest BCUT2D eigenvalue weighted by molar-refractivity contribution is 5.94. The van der Waals surface area contributed by atoms with Gasteiger partial charge in [-0.25, -0.2) is 0 Å². The first-order chi connectivity index (χ1) is 8.56. The van der Waals surface area contributed by atoms with Gasteiger partial charge >= 0.3 is 5.97 Å². The van der Waals surface area contributed by atoms with Crippen LogP contribution in [0.2, 0.25) is 0 Å². The largest absolute Gasteiger partial charge is 0.481 e. The van der Waals surface area contributed by atoms with Crippen LogP contribution >= 0.6 is 0 Å². The molecule has 1 heterocycles. The van der Waals surface area contributed by atoms with Crippen molar-refractivity contribution >= 4 is 11.9 Å². The van der Waals surface area contributed by atoms with E-state index in [0.29, 0.717) is 12.0 Å². The number of hydrogen-bond donors (Lipinski definition) is 2. The van der Waals surface area contributed by atoms with Crippen molar-refractivity contribution in [2.75, 3.05) is 0 Å². The van der Waals surface area contributed by atoms with Gasteiger partial charge in [-0.1, -0.05) is 12.2 Å². The molecule has 0 saturated heterocycles.